The molecule has 2 fully saturated rings. The molecular weight excluding hydrogens is 320 g/mol. The van der Waals surface area contributed by atoms with Crippen LogP contribution < -0.4 is 5.32 Å². The van der Waals surface area contributed by atoms with E-state index >= 15 is 0 Å². The van der Waals surface area contributed by atoms with Crippen molar-refractivity contribution in [3.63, 3.8) is 0 Å². The van der Waals surface area contributed by atoms with Gasteiger partial charge in [0.05, 0.1) is 5.69 Å². The molecule has 1 spiro atoms. The highest BCUT2D eigenvalue weighted by Crippen LogP contribution is 2.42. The predicted octanol–water partition coefficient (Wildman–Crippen LogP) is 1.70. The van der Waals surface area contributed by atoms with Gasteiger partial charge < -0.3 is 15.3 Å². The quantitative estimate of drug-likeness (QED) is 0.865. The number of likely N-dealkylation sites (tertiary alicyclic amines) is 1. The Bertz CT molecular complexity index is 661. The van der Waals surface area contributed by atoms with Crippen molar-refractivity contribution < 1.29 is 14.7 Å². The zero-order valence-corrected chi connectivity index (χ0v) is 15.3. The highest BCUT2D eigenvalue weighted by atomic mass is 16.4. The van der Waals surface area contributed by atoms with Crippen LogP contribution >= 0.6 is 0 Å². The summed E-state index contributed by atoms with van der Waals surface area (Å²) in [4.78, 5) is 26.6. The van der Waals surface area contributed by atoms with Crippen LogP contribution in [0.2, 0.25) is 0 Å². The molecular formula is C18H28N4O3. The van der Waals surface area contributed by atoms with Crippen molar-refractivity contribution in [2.24, 2.45) is 5.41 Å². The Kier molecular flexibility index (Phi) is 4.86. The number of hydrogen-bond donors (Lipinski definition) is 2. The Morgan fingerprint density at radius 2 is 2.08 bits per heavy atom. The van der Waals surface area contributed by atoms with Gasteiger partial charge in [-0.1, -0.05) is 13.8 Å². The lowest BCUT2D eigenvalue weighted by Gasteiger charge is -2.33. The number of carboxylic acid groups (broad SMARTS) is 1. The summed E-state index contributed by atoms with van der Waals surface area (Å²) in [7, 11) is 0. The van der Waals surface area contributed by atoms with Gasteiger partial charge in [0.25, 0.3) is 5.91 Å². The molecule has 138 valence electrons. The van der Waals surface area contributed by atoms with E-state index in [-0.39, 0.29) is 17.2 Å². The number of rotatable bonds is 4. The second kappa shape index (κ2) is 6.78. The number of nitrogens with one attached hydrogen (secondary N) is 1. The summed E-state index contributed by atoms with van der Waals surface area (Å²) in [5.74, 6) is -0.886. The zero-order chi connectivity index (χ0) is 18.2. The second-order valence-corrected chi connectivity index (χ2v) is 7.67. The number of aryl methyl sites for hydroxylation is 1. The Morgan fingerprint density at radius 3 is 2.64 bits per heavy atom. The topological polar surface area (TPSA) is 87.5 Å². The number of amides is 1. The van der Waals surface area contributed by atoms with Gasteiger partial charge in [-0.2, -0.15) is 5.10 Å². The molecule has 0 unspecified atom stereocenters. The minimum Gasteiger partial charge on any atom is -0.480 e. The first-order chi connectivity index (χ1) is 11.9. The minimum atomic E-state index is -0.907. The van der Waals surface area contributed by atoms with Gasteiger partial charge in [0, 0.05) is 13.1 Å². The van der Waals surface area contributed by atoms with Gasteiger partial charge in [-0.15, -0.1) is 0 Å². The molecule has 0 aliphatic carbocycles. The standard InChI is InChI=1S/C18H28N4O3/c1-4-22-14(9-13(20-22)12(2)3)16(23)21-11-18(5-7-19-8-6-18)10-15(21)17(24)25/h9,12,15,19H,4-8,10-11H2,1-3H3,(H,24,25)/t15-/m0/s1. The smallest absolute Gasteiger partial charge is 0.326 e. The van der Waals surface area contributed by atoms with Crippen molar-refractivity contribution in [2.45, 2.75) is 58.5 Å². The van der Waals surface area contributed by atoms with Gasteiger partial charge in [0.1, 0.15) is 11.7 Å². The average Bonchev–Trinajstić information content (AvgIpc) is 3.17. The molecule has 1 amide bonds. The van der Waals surface area contributed by atoms with Crippen LogP contribution in [0, 0.1) is 5.41 Å². The van der Waals surface area contributed by atoms with Crippen LogP contribution in [-0.2, 0) is 11.3 Å². The van der Waals surface area contributed by atoms with Crippen LogP contribution in [0.1, 0.15) is 62.1 Å². The molecule has 1 aromatic heterocycles. The highest BCUT2D eigenvalue weighted by molar-refractivity contribution is 5.96. The summed E-state index contributed by atoms with van der Waals surface area (Å²) >= 11 is 0. The lowest BCUT2D eigenvalue weighted by atomic mass is 9.77. The van der Waals surface area contributed by atoms with Crippen LogP contribution in [0.25, 0.3) is 0 Å². The third-order valence-corrected chi connectivity index (χ3v) is 5.63. The maximum absolute atomic E-state index is 13.2. The SMILES string of the molecule is CCn1nc(C(C)C)cc1C(=O)N1CC2(CCNCC2)C[C@H]1C(=O)O. The maximum atomic E-state index is 13.2. The number of carbonyl (C=O) groups excluding carboxylic acids is 1. The highest BCUT2D eigenvalue weighted by Gasteiger charge is 2.49. The molecule has 0 aromatic carbocycles. The number of aromatic nitrogens is 2. The molecule has 1 atom stereocenters. The Morgan fingerprint density at radius 1 is 1.40 bits per heavy atom. The summed E-state index contributed by atoms with van der Waals surface area (Å²) < 4.78 is 1.70. The normalized spacial score (nSPS) is 22.7. The first kappa shape index (κ1) is 17.9. The van der Waals surface area contributed by atoms with Crippen molar-refractivity contribution >= 4 is 11.9 Å². The fourth-order valence-electron chi connectivity index (χ4n) is 4.09. The summed E-state index contributed by atoms with van der Waals surface area (Å²) in [6.45, 7) is 8.91. The van der Waals surface area contributed by atoms with Gasteiger partial charge in [0.15, 0.2) is 0 Å². The van der Waals surface area contributed by atoms with E-state index in [1.165, 1.54) is 0 Å². The Balaban J connectivity index is 1.90. The van der Waals surface area contributed by atoms with Crippen LogP contribution in [-0.4, -0.2) is 57.3 Å². The van der Waals surface area contributed by atoms with Crippen molar-refractivity contribution in [1.82, 2.24) is 20.0 Å². The molecule has 3 heterocycles. The first-order valence-corrected chi connectivity index (χ1v) is 9.19. The van der Waals surface area contributed by atoms with Crippen molar-refractivity contribution in [3.8, 4) is 0 Å². The van der Waals surface area contributed by atoms with E-state index in [1.807, 2.05) is 26.8 Å². The Hall–Kier alpha value is -1.89. The van der Waals surface area contributed by atoms with E-state index in [2.05, 4.69) is 10.4 Å². The van der Waals surface area contributed by atoms with Crippen LogP contribution in [0.5, 0.6) is 0 Å². The minimum absolute atomic E-state index is 0.0675. The van der Waals surface area contributed by atoms with E-state index in [0.717, 1.165) is 31.6 Å². The molecule has 7 heteroatoms. The molecule has 2 aliphatic heterocycles. The molecule has 2 saturated heterocycles. The van der Waals surface area contributed by atoms with E-state index < -0.39 is 12.0 Å². The fourth-order valence-corrected chi connectivity index (χ4v) is 4.09. The first-order valence-electron chi connectivity index (χ1n) is 9.19. The number of piperidine rings is 1. The molecule has 25 heavy (non-hydrogen) atoms. The number of carboxylic acids is 1. The van der Waals surface area contributed by atoms with Gasteiger partial charge in [-0.3, -0.25) is 9.48 Å². The van der Waals surface area contributed by atoms with Gasteiger partial charge in [-0.25, -0.2) is 4.79 Å². The van der Waals surface area contributed by atoms with Crippen molar-refractivity contribution in [3.05, 3.63) is 17.5 Å². The molecule has 0 saturated carbocycles. The summed E-state index contributed by atoms with van der Waals surface area (Å²) in [5, 5.41) is 17.5. The molecule has 0 bridgehead atoms. The molecule has 3 rings (SSSR count). The number of carbonyl (C=O) groups is 2. The lowest BCUT2D eigenvalue weighted by Crippen LogP contribution is -2.42. The summed E-state index contributed by atoms with van der Waals surface area (Å²) in [5.41, 5.74) is 1.30. The van der Waals surface area contributed by atoms with Crippen molar-refractivity contribution in [2.75, 3.05) is 19.6 Å². The largest absolute Gasteiger partial charge is 0.480 e. The monoisotopic (exact) mass is 348 g/mol. The molecule has 7 nitrogen and oxygen atoms in total. The average molecular weight is 348 g/mol. The maximum Gasteiger partial charge on any atom is 0.326 e. The molecule has 0 radical (unpaired) electrons. The molecule has 2 N–H and O–H groups in total. The zero-order valence-electron chi connectivity index (χ0n) is 15.3. The number of aliphatic carboxylic acids is 1. The summed E-state index contributed by atoms with van der Waals surface area (Å²) in [6, 6.07) is 1.08. The Labute approximate surface area is 148 Å². The van der Waals surface area contributed by atoms with Crippen molar-refractivity contribution in [1.29, 1.82) is 0 Å². The predicted molar refractivity (Wildman–Crippen MR) is 93.6 cm³/mol. The van der Waals surface area contributed by atoms with E-state index in [1.54, 1.807) is 9.58 Å². The lowest BCUT2D eigenvalue weighted by molar-refractivity contribution is -0.141. The third-order valence-electron chi connectivity index (χ3n) is 5.63. The van der Waals surface area contributed by atoms with Crippen LogP contribution in [0.3, 0.4) is 0 Å². The van der Waals surface area contributed by atoms with Gasteiger partial charge in [-0.05, 0) is 56.7 Å². The second-order valence-electron chi connectivity index (χ2n) is 7.67. The number of nitrogens with zero attached hydrogens (tertiary/aromatic N) is 3. The number of hydrogen-bond acceptors (Lipinski definition) is 4. The molecule has 2 aliphatic rings. The van der Waals surface area contributed by atoms with Crippen LogP contribution in [0.15, 0.2) is 6.07 Å². The van der Waals surface area contributed by atoms with Gasteiger partial charge >= 0.3 is 5.97 Å². The van der Waals surface area contributed by atoms with Gasteiger partial charge in [0.2, 0.25) is 0 Å². The summed E-state index contributed by atoms with van der Waals surface area (Å²) in [6.07, 6.45) is 2.39. The fraction of sp³-hybridized carbons (Fsp3) is 0.722. The molecule has 1 aromatic rings. The van der Waals surface area contributed by atoms with E-state index in [9.17, 15) is 14.7 Å². The van der Waals surface area contributed by atoms with E-state index in [4.69, 9.17) is 0 Å². The van der Waals surface area contributed by atoms with Crippen LogP contribution in [0.4, 0.5) is 0 Å². The van der Waals surface area contributed by atoms with E-state index in [0.29, 0.717) is 25.2 Å². The third kappa shape index (κ3) is 3.29.